The number of carbonyl (C=O) groups excluding carboxylic acids is 3. The van der Waals surface area contributed by atoms with Gasteiger partial charge >= 0.3 is 5.97 Å². The molecule has 0 fully saturated rings. The van der Waals surface area contributed by atoms with Gasteiger partial charge < -0.3 is 10.1 Å². The molecule has 1 amide bonds. The fraction of sp³-hybridized carbons (Fsp3) is 0.129. The van der Waals surface area contributed by atoms with Crippen molar-refractivity contribution in [3.05, 3.63) is 107 Å². The van der Waals surface area contributed by atoms with Gasteiger partial charge in [0.05, 0.1) is 24.2 Å². The van der Waals surface area contributed by atoms with E-state index in [1.807, 2.05) is 92.7 Å². The van der Waals surface area contributed by atoms with E-state index < -0.39 is 23.6 Å². The van der Waals surface area contributed by atoms with Crippen LogP contribution in [0.1, 0.15) is 22.7 Å². The number of nitrogens with zero attached hydrogens (tertiary/aromatic N) is 3. The summed E-state index contributed by atoms with van der Waals surface area (Å²) in [4.78, 5) is 43.6. The summed E-state index contributed by atoms with van der Waals surface area (Å²) in [7, 11) is 1.17. The highest BCUT2D eigenvalue weighted by Crippen LogP contribution is 2.31. The first-order chi connectivity index (χ1) is 19.4. The molecule has 9 heteroatoms. The molecular weight excluding hydrogens is 524 g/mol. The van der Waals surface area contributed by atoms with Crippen molar-refractivity contribution >= 4 is 34.7 Å². The van der Waals surface area contributed by atoms with E-state index in [1.54, 1.807) is 16.1 Å². The quantitative estimate of drug-likeness (QED) is 0.150. The number of nitrogens with one attached hydrogen (secondary N) is 1. The lowest BCUT2D eigenvalue weighted by atomic mass is 10.00. The van der Waals surface area contributed by atoms with Crippen LogP contribution in [0, 0.1) is 13.8 Å². The number of aromatic nitrogens is 3. The van der Waals surface area contributed by atoms with Crippen molar-refractivity contribution in [3.63, 3.8) is 0 Å². The van der Waals surface area contributed by atoms with Crippen LogP contribution in [-0.4, -0.2) is 39.5 Å². The van der Waals surface area contributed by atoms with Crippen LogP contribution in [0.25, 0.3) is 27.6 Å². The molecule has 2 heterocycles. The van der Waals surface area contributed by atoms with Gasteiger partial charge in [-0.3, -0.25) is 14.4 Å². The zero-order chi connectivity index (χ0) is 28.2. The van der Waals surface area contributed by atoms with E-state index >= 15 is 0 Å². The number of carbonyl (C=O) groups is 3. The number of ether oxygens (including phenoxy) is 1. The molecule has 0 aliphatic carbocycles. The maximum Gasteiger partial charge on any atom is 0.323 e. The predicted octanol–water partition coefficient (Wildman–Crippen LogP) is 5.74. The number of esters is 1. The second kappa shape index (κ2) is 11.5. The summed E-state index contributed by atoms with van der Waals surface area (Å²) in [6.45, 7) is 3.76. The van der Waals surface area contributed by atoms with Crippen LogP contribution in [0.5, 0.6) is 0 Å². The summed E-state index contributed by atoms with van der Waals surface area (Å²) < 4.78 is 6.58. The van der Waals surface area contributed by atoms with Crippen molar-refractivity contribution in [2.75, 3.05) is 12.4 Å². The maximum atomic E-state index is 13.3. The molecule has 0 radical (unpaired) electrons. The van der Waals surface area contributed by atoms with Crippen LogP contribution in [0.3, 0.4) is 0 Å². The minimum absolute atomic E-state index is 0.114. The molecule has 8 nitrogen and oxygen atoms in total. The Bertz CT molecular complexity index is 1690. The first kappa shape index (κ1) is 26.7. The predicted molar refractivity (Wildman–Crippen MR) is 154 cm³/mol. The van der Waals surface area contributed by atoms with E-state index in [4.69, 9.17) is 9.84 Å². The van der Waals surface area contributed by atoms with Crippen LogP contribution >= 0.6 is 11.3 Å². The van der Waals surface area contributed by atoms with E-state index in [2.05, 4.69) is 10.3 Å². The second-order valence-electron chi connectivity index (χ2n) is 9.21. The molecule has 40 heavy (non-hydrogen) atoms. The van der Waals surface area contributed by atoms with Crippen LogP contribution < -0.4 is 5.32 Å². The molecule has 1 atom stereocenters. The Balaban J connectivity index is 1.50. The van der Waals surface area contributed by atoms with Gasteiger partial charge in [0.25, 0.3) is 5.91 Å². The van der Waals surface area contributed by atoms with Crippen molar-refractivity contribution in [1.29, 1.82) is 0 Å². The standard InChI is InChI=1S/C31H26N4O4S/c1-19-14-15-23(20(2)16-19)32-29(37)28(36)27(30(38)39-3)25-18-40-31(33-25)35-26(22-12-8-5-9-13-22)17-24(34-35)21-10-6-4-7-11-21/h4-18,27H,1-3H3,(H,32,37)/t27-/m1/s1. The molecular formula is C31H26N4O4S. The van der Waals surface area contributed by atoms with Crippen molar-refractivity contribution in [1.82, 2.24) is 14.8 Å². The fourth-order valence-electron chi connectivity index (χ4n) is 4.35. The van der Waals surface area contributed by atoms with Gasteiger partial charge in [0.2, 0.25) is 10.9 Å². The van der Waals surface area contributed by atoms with Gasteiger partial charge in [-0.2, -0.15) is 5.10 Å². The SMILES string of the molecule is COC(=O)[C@@H](C(=O)C(=O)Nc1ccc(C)cc1C)c1csc(-n2nc(-c3ccccc3)cc2-c2ccccc2)n1. The van der Waals surface area contributed by atoms with Gasteiger partial charge in [-0.1, -0.05) is 78.4 Å². The molecule has 200 valence electrons. The number of benzene rings is 3. The Morgan fingerprint density at radius 1 is 0.900 bits per heavy atom. The number of amides is 1. The van der Waals surface area contributed by atoms with Crippen molar-refractivity contribution in [2.24, 2.45) is 0 Å². The number of methoxy groups -OCH3 is 1. The minimum Gasteiger partial charge on any atom is -0.468 e. The molecule has 0 spiro atoms. The molecule has 5 rings (SSSR count). The number of anilines is 1. The van der Waals surface area contributed by atoms with Crippen molar-refractivity contribution in [2.45, 2.75) is 19.8 Å². The number of rotatable bonds is 8. The smallest absolute Gasteiger partial charge is 0.323 e. The Morgan fingerprint density at radius 3 is 2.23 bits per heavy atom. The Hall–Kier alpha value is -4.89. The maximum absolute atomic E-state index is 13.3. The highest BCUT2D eigenvalue weighted by Gasteiger charge is 2.36. The first-order valence-electron chi connectivity index (χ1n) is 12.5. The zero-order valence-corrected chi connectivity index (χ0v) is 22.9. The van der Waals surface area contributed by atoms with Gasteiger partial charge in [-0.05, 0) is 31.5 Å². The van der Waals surface area contributed by atoms with Crippen LogP contribution in [0.15, 0.2) is 90.3 Å². The number of aryl methyl sites for hydroxylation is 2. The van der Waals surface area contributed by atoms with Gasteiger partial charge in [-0.25, -0.2) is 9.67 Å². The van der Waals surface area contributed by atoms with Crippen LogP contribution in [-0.2, 0) is 19.1 Å². The third-order valence-corrected chi connectivity index (χ3v) is 7.22. The van der Waals surface area contributed by atoms with Gasteiger partial charge in [0.1, 0.15) is 0 Å². The van der Waals surface area contributed by atoms with E-state index in [0.29, 0.717) is 10.8 Å². The third kappa shape index (κ3) is 5.45. The van der Waals surface area contributed by atoms with Gasteiger partial charge in [0, 0.05) is 22.2 Å². The Labute approximate surface area is 235 Å². The monoisotopic (exact) mass is 550 g/mol. The number of hydrogen-bond donors (Lipinski definition) is 1. The summed E-state index contributed by atoms with van der Waals surface area (Å²) in [6, 6.07) is 26.9. The first-order valence-corrected chi connectivity index (χ1v) is 13.4. The summed E-state index contributed by atoms with van der Waals surface area (Å²) >= 11 is 1.21. The van der Waals surface area contributed by atoms with E-state index in [1.165, 1.54) is 18.4 Å². The van der Waals surface area contributed by atoms with Crippen molar-refractivity contribution in [3.8, 4) is 27.6 Å². The normalized spacial score (nSPS) is 11.6. The Kier molecular flexibility index (Phi) is 7.65. The summed E-state index contributed by atoms with van der Waals surface area (Å²) in [6.07, 6.45) is 0. The number of Topliss-reactive ketones (excluding diaryl/α,β-unsaturated/α-hetero) is 1. The molecule has 0 bridgehead atoms. The third-order valence-electron chi connectivity index (χ3n) is 6.39. The van der Waals surface area contributed by atoms with Crippen LogP contribution in [0.2, 0.25) is 0 Å². The van der Waals surface area contributed by atoms with E-state index in [-0.39, 0.29) is 5.69 Å². The molecule has 0 aliphatic heterocycles. The summed E-state index contributed by atoms with van der Waals surface area (Å²) in [5.74, 6) is -4.28. The molecule has 2 aromatic heterocycles. The summed E-state index contributed by atoms with van der Waals surface area (Å²) in [5, 5.41) is 9.44. The van der Waals surface area contributed by atoms with Crippen LogP contribution in [0.4, 0.5) is 5.69 Å². The lowest BCUT2D eigenvalue weighted by Crippen LogP contribution is -2.33. The molecule has 0 saturated carbocycles. The molecule has 5 aromatic rings. The second-order valence-corrected chi connectivity index (χ2v) is 10.0. The highest BCUT2D eigenvalue weighted by molar-refractivity contribution is 7.12. The fourth-order valence-corrected chi connectivity index (χ4v) is 5.16. The zero-order valence-electron chi connectivity index (χ0n) is 22.1. The summed E-state index contributed by atoms with van der Waals surface area (Å²) in [5.41, 5.74) is 5.80. The number of ketones is 1. The highest BCUT2D eigenvalue weighted by atomic mass is 32.1. The van der Waals surface area contributed by atoms with Crippen molar-refractivity contribution < 1.29 is 19.1 Å². The Morgan fingerprint density at radius 2 is 1.57 bits per heavy atom. The number of hydrogen-bond acceptors (Lipinski definition) is 7. The average Bonchev–Trinajstić information content (AvgIpc) is 3.63. The average molecular weight is 551 g/mol. The van der Waals surface area contributed by atoms with E-state index in [0.717, 1.165) is 33.6 Å². The molecule has 0 unspecified atom stereocenters. The van der Waals surface area contributed by atoms with Gasteiger partial charge in [-0.15, -0.1) is 11.3 Å². The largest absolute Gasteiger partial charge is 0.468 e. The number of thiazole rings is 1. The molecule has 0 aliphatic rings. The van der Waals surface area contributed by atoms with E-state index in [9.17, 15) is 14.4 Å². The van der Waals surface area contributed by atoms with Gasteiger partial charge in [0.15, 0.2) is 5.92 Å². The molecule has 1 N–H and O–H groups in total. The minimum atomic E-state index is -1.52. The molecule has 0 saturated heterocycles. The topological polar surface area (TPSA) is 103 Å². The lowest BCUT2D eigenvalue weighted by molar-refractivity contribution is -0.148. The molecule has 3 aromatic carbocycles. The lowest BCUT2D eigenvalue weighted by Gasteiger charge is -2.13.